The first-order chi connectivity index (χ1) is 10.7. The summed E-state index contributed by atoms with van der Waals surface area (Å²) in [5, 5.41) is 5.87. The molecule has 0 radical (unpaired) electrons. The highest BCUT2D eigenvalue weighted by atomic mass is 19.1. The molecule has 0 aliphatic rings. The fourth-order valence-electron chi connectivity index (χ4n) is 1.85. The van der Waals surface area contributed by atoms with Crippen LogP contribution in [0.25, 0.3) is 0 Å². The molecule has 5 nitrogen and oxygen atoms in total. The summed E-state index contributed by atoms with van der Waals surface area (Å²) in [5.74, 6) is -0.637. The van der Waals surface area contributed by atoms with E-state index in [2.05, 4.69) is 15.6 Å². The lowest BCUT2D eigenvalue weighted by molar-refractivity contribution is 0.102. The molecule has 0 spiro atoms. The van der Waals surface area contributed by atoms with Gasteiger partial charge in [0, 0.05) is 38.3 Å². The Bertz CT molecular complexity index is 617. The van der Waals surface area contributed by atoms with Gasteiger partial charge in [0.25, 0.3) is 5.91 Å². The summed E-state index contributed by atoms with van der Waals surface area (Å²) in [6.45, 7) is 1.41. The lowest BCUT2D eigenvalue weighted by Crippen LogP contribution is -2.13. The summed E-state index contributed by atoms with van der Waals surface area (Å²) in [4.78, 5) is 16.2. The van der Waals surface area contributed by atoms with Crippen LogP contribution >= 0.6 is 0 Å². The number of amides is 1. The molecule has 1 amide bonds. The average Bonchev–Trinajstić information content (AvgIpc) is 2.54. The van der Waals surface area contributed by atoms with Crippen molar-refractivity contribution >= 4 is 17.3 Å². The molecule has 2 rings (SSSR count). The van der Waals surface area contributed by atoms with E-state index < -0.39 is 0 Å². The van der Waals surface area contributed by atoms with Gasteiger partial charge >= 0.3 is 0 Å². The number of hydrogen-bond acceptors (Lipinski definition) is 4. The van der Waals surface area contributed by atoms with E-state index in [4.69, 9.17) is 4.74 Å². The molecule has 1 aromatic carbocycles. The molecular weight excluding hydrogens is 285 g/mol. The first-order valence-corrected chi connectivity index (χ1v) is 6.94. The summed E-state index contributed by atoms with van der Waals surface area (Å²) >= 11 is 0. The number of carbonyl (C=O) groups excluding carboxylic acids is 1. The Morgan fingerprint density at radius 2 is 2.00 bits per heavy atom. The van der Waals surface area contributed by atoms with E-state index in [1.807, 2.05) is 0 Å². The number of anilines is 2. The number of ether oxygens (including phenoxy) is 1. The zero-order valence-corrected chi connectivity index (χ0v) is 12.3. The average molecular weight is 303 g/mol. The molecule has 0 aliphatic carbocycles. The topological polar surface area (TPSA) is 63.2 Å². The van der Waals surface area contributed by atoms with E-state index in [9.17, 15) is 9.18 Å². The van der Waals surface area contributed by atoms with Crippen LogP contribution in [0, 0.1) is 5.82 Å². The van der Waals surface area contributed by atoms with Gasteiger partial charge in [-0.3, -0.25) is 9.78 Å². The second-order valence-electron chi connectivity index (χ2n) is 4.70. The molecule has 0 atom stereocenters. The minimum Gasteiger partial charge on any atom is -0.385 e. The van der Waals surface area contributed by atoms with Gasteiger partial charge in [-0.05, 0) is 36.8 Å². The van der Waals surface area contributed by atoms with Crippen molar-refractivity contribution in [2.45, 2.75) is 6.42 Å². The molecule has 1 heterocycles. The molecule has 116 valence electrons. The number of halogens is 1. The third-order valence-corrected chi connectivity index (χ3v) is 2.96. The Morgan fingerprint density at radius 1 is 1.23 bits per heavy atom. The number of rotatable bonds is 7. The van der Waals surface area contributed by atoms with E-state index >= 15 is 0 Å². The first kappa shape index (κ1) is 15.9. The third kappa shape index (κ3) is 4.82. The summed E-state index contributed by atoms with van der Waals surface area (Å²) in [5.41, 5.74) is 1.73. The molecule has 0 bridgehead atoms. The van der Waals surface area contributed by atoms with Gasteiger partial charge in [0.15, 0.2) is 0 Å². The molecule has 1 aromatic heterocycles. The van der Waals surface area contributed by atoms with E-state index in [1.165, 1.54) is 30.5 Å². The molecule has 2 N–H and O–H groups in total. The van der Waals surface area contributed by atoms with Gasteiger partial charge in [0.1, 0.15) is 5.82 Å². The smallest absolute Gasteiger partial charge is 0.257 e. The van der Waals surface area contributed by atoms with E-state index in [1.54, 1.807) is 19.4 Å². The predicted octanol–water partition coefficient (Wildman–Crippen LogP) is 2.92. The highest BCUT2D eigenvalue weighted by Crippen LogP contribution is 2.13. The van der Waals surface area contributed by atoms with Crippen molar-refractivity contribution in [2.24, 2.45) is 0 Å². The fourth-order valence-corrected chi connectivity index (χ4v) is 1.85. The van der Waals surface area contributed by atoms with Crippen LogP contribution in [0.3, 0.4) is 0 Å². The monoisotopic (exact) mass is 303 g/mol. The first-order valence-electron chi connectivity index (χ1n) is 6.94. The van der Waals surface area contributed by atoms with Crippen LogP contribution < -0.4 is 10.6 Å². The molecule has 0 unspecified atom stereocenters. The molecular formula is C16H18FN3O2. The van der Waals surface area contributed by atoms with Gasteiger partial charge in [-0.25, -0.2) is 4.39 Å². The Morgan fingerprint density at radius 3 is 2.73 bits per heavy atom. The maximum Gasteiger partial charge on any atom is 0.257 e. The Balaban J connectivity index is 1.96. The number of methoxy groups -OCH3 is 1. The van der Waals surface area contributed by atoms with Crippen LogP contribution in [-0.2, 0) is 4.74 Å². The van der Waals surface area contributed by atoms with E-state index in [0.717, 1.165) is 18.7 Å². The Labute approximate surface area is 128 Å². The summed E-state index contributed by atoms with van der Waals surface area (Å²) in [7, 11) is 1.65. The van der Waals surface area contributed by atoms with Gasteiger partial charge in [-0.15, -0.1) is 0 Å². The van der Waals surface area contributed by atoms with E-state index in [0.29, 0.717) is 17.9 Å². The number of aromatic nitrogens is 1. The number of benzene rings is 1. The summed E-state index contributed by atoms with van der Waals surface area (Å²) in [6, 6.07) is 7.32. The van der Waals surface area contributed by atoms with Crippen molar-refractivity contribution in [1.82, 2.24) is 4.98 Å². The van der Waals surface area contributed by atoms with Crippen molar-refractivity contribution in [2.75, 3.05) is 30.9 Å². The normalized spacial score (nSPS) is 10.3. The second kappa shape index (κ2) is 8.09. The number of hydrogen-bond donors (Lipinski definition) is 2. The van der Waals surface area contributed by atoms with Gasteiger partial charge < -0.3 is 15.4 Å². The maximum absolute atomic E-state index is 12.8. The van der Waals surface area contributed by atoms with Crippen molar-refractivity contribution in [3.8, 4) is 0 Å². The van der Waals surface area contributed by atoms with Gasteiger partial charge in [-0.1, -0.05) is 0 Å². The zero-order chi connectivity index (χ0) is 15.8. The lowest BCUT2D eigenvalue weighted by atomic mass is 10.2. The van der Waals surface area contributed by atoms with Crippen LogP contribution in [0.4, 0.5) is 15.8 Å². The number of nitrogens with one attached hydrogen (secondary N) is 2. The van der Waals surface area contributed by atoms with Gasteiger partial charge in [0.05, 0.1) is 11.3 Å². The van der Waals surface area contributed by atoms with Crippen LogP contribution in [0.2, 0.25) is 0 Å². The van der Waals surface area contributed by atoms with Crippen molar-refractivity contribution in [1.29, 1.82) is 0 Å². The Hall–Kier alpha value is -2.47. The third-order valence-electron chi connectivity index (χ3n) is 2.96. The zero-order valence-electron chi connectivity index (χ0n) is 12.3. The fraction of sp³-hybridized carbons (Fsp3) is 0.250. The van der Waals surface area contributed by atoms with Crippen molar-refractivity contribution in [3.05, 3.63) is 54.1 Å². The molecule has 0 fully saturated rings. The largest absolute Gasteiger partial charge is 0.385 e. The maximum atomic E-state index is 12.8. The second-order valence-corrected chi connectivity index (χ2v) is 4.70. The Kier molecular flexibility index (Phi) is 5.85. The lowest BCUT2D eigenvalue weighted by Gasteiger charge is -2.08. The predicted molar refractivity (Wildman–Crippen MR) is 83.6 cm³/mol. The highest BCUT2D eigenvalue weighted by Gasteiger charge is 2.07. The number of pyridine rings is 1. The van der Waals surface area contributed by atoms with Crippen molar-refractivity contribution in [3.63, 3.8) is 0 Å². The molecule has 6 heteroatoms. The summed E-state index contributed by atoms with van der Waals surface area (Å²) < 4.78 is 17.8. The minimum atomic E-state index is -0.345. The molecule has 0 saturated heterocycles. The van der Waals surface area contributed by atoms with Gasteiger partial charge in [0.2, 0.25) is 0 Å². The highest BCUT2D eigenvalue weighted by molar-refractivity contribution is 6.04. The van der Waals surface area contributed by atoms with Crippen molar-refractivity contribution < 1.29 is 13.9 Å². The quantitative estimate of drug-likeness (QED) is 0.772. The minimum absolute atomic E-state index is 0.292. The number of nitrogens with zero attached hydrogens (tertiary/aromatic N) is 1. The van der Waals surface area contributed by atoms with Crippen LogP contribution in [0.15, 0.2) is 42.7 Å². The molecule has 0 aliphatic heterocycles. The van der Waals surface area contributed by atoms with Crippen LogP contribution in [-0.4, -0.2) is 31.2 Å². The standard InChI is InChI=1S/C16H18FN3O2/c1-22-8-2-7-19-15-9-12(10-18-11-15)16(21)20-14-5-3-13(17)4-6-14/h3-6,9-11,19H,2,7-8H2,1H3,(H,20,21). The van der Waals surface area contributed by atoms with Crippen LogP contribution in [0.5, 0.6) is 0 Å². The van der Waals surface area contributed by atoms with E-state index in [-0.39, 0.29) is 11.7 Å². The SMILES string of the molecule is COCCCNc1cncc(C(=O)Nc2ccc(F)cc2)c1. The van der Waals surface area contributed by atoms with Gasteiger partial charge in [-0.2, -0.15) is 0 Å². The van der Waals surface area contributed by atoms with Crippen LogP contribution in [0.1, 0.15) is 16.8 Å². The number of carbonyl (C=O) groups is 1. The summed E-state index contributed by atoms with van der Waals surface area (Å²) in [6.07, 6.45) is 4.00. The molecule has 0 saturated carbocycles. The molecule has 2 aromatic rings. The molecule has 22 heavy (non-hydrogen) atoms.